The number of nitrogens with one attached hydrogen (secondary N) is 1. The van der Waals surface area contributed by atoms with E-state index in [1.54, 1.807) is 0 Å². The highest BCUT2D eigenvalue weighted by atomic mass is 16.4. The number of rotatable bonds is 6. The van der Waals surface area contributed by atoms with Crippen LogP contribution in [0.15, 0.2) is 12.2 Å². The first kappa shape index (κ1) is 12.2. The Bertz CT molecular complexity index is 187. The molecule has 0 rings (SSSR count). The molecule has 0 aromatic heterocycles. The van der Waals surface area contributed by atoms with E-state index in [4.69, 9.17) is 5.11 Å². The van der Waals surface area contributed by atoms with E-state index < -0.39 is 12.0 Å². The quantitative estimate of drug-likeness (QED) is 0.619. The van der Waals surface area contributed by atoms with E-state index in [-0.39, 0.29) is 0 Å². The molecule has 0 amide bonds. The molecule has 0 aliphatic heterocycles. The van der Waals surface area contributed by atoms with Crippen molar-refractivity contribution >= 4 is 5.97 Å². The summed E-state index contributed by atoms with van der Waals surface area (Å²) in [7, 11) is 0. The van der Waals surface area contributed by atoms with E-state index in [1.807, 2.05) is 20.8 Å². The second-order valence-electron chi connectivity index (χ2n) is 3.86. The minimum absolute atomic E-state index is 0.388. The van der Waals surface area contributed by atoms with Crippen LogP contribution in [0.2, 0.25) is 0 Å². The maximum atomic E-state index is 10.8. The predicted octanol–water partition coefficient (Wildman–Crippen LogP) is 1.65. The van der Waals surface area contributed by atoms with Gasteiger partial charge in [-0.2, -0.15) is 0 Å². The maximum absolute atomic E-state index is 10.8. The van der Waals surface area contributed by atoms with Crippen LogP contribution in [0.1, 0.15) is 27.2 Å². The Morgan fingerprint density at radius 3 is 2.38 bits per heavy atom. The topological polar surface area (TPSA) is 49.3 Å². The van der Waals surface area contributed by atoms with Gasteiger partial charge < -0.3 is 10.4 Å². The normalized spacial score (nSPS) is 12.9. The molecule has 0 aromatic rings. The highest BCUT2D eigenvalue weighted by Gasteiger charge is 2.17. The van der Waals surface area contributed by atoms with Gasteiger partial charge in [-0.3, -0.25) is 4.79 Å². The van der Waals surface area contributed by atoms with Crippen LogP contribution in [-0.2, 0) is 4.79 Å². The van der Waals surface area contributed by atoms with Crippen molar-refractivity contribution < 1.29 is 9.90 Å². The van der Waals surface area contributed by atoms with Crippen LogP contribution in [0.5, 0.6) is 0 Å². The average Bonchev–Trinajstić information content (AvgIpc) is 1.96. The Morgan fingerprint density at radius 1 is 1.54 bits per heavy atom. The lowest BCUT2D eigenvalue weighted by molar-refractivity contribution is -0.139. The van der Waals surface area contributed by atoms with Crippen LogP contribution in [0.3, 0.4) is 0 Å². The fourth-order valence-electron chi connectivity index (χ4n) is 1.04. The van der Waals surface area contributed by atoms with E-state index in [0.29, 0.717) is 18.9 Å². The van der Waals surface area contributed by atoms with Crippen LogP contribution in [-0.4, -0.2) is 23.7 Å². The third-order valence-corrected chi connectivity index (χ3v) is 1.66. The largest absolute Gasteiger partial charge is 0.480 e. The Kier molecular flexibility index (Phi) is 5.39. The lowest BCUT2D eigenvalue weighted by atomic mass is 10.0. The highest BCUT2D eigenvalue weighted by Crippen LogP contribution is 2.05. The van der Waals surface area contributed by atoms with Gasteiger partial charge in [-0.05, 0) is 19.3 Å². The van der Waals surface area contributed by atoms with Gasteiger partial charge in [0.1, 0.15) is 6.04 Å². The molecule has 0 saturated carbocycles. The summed E-state index contributed by atoms with van der Waals surface area (Å²) in [6.45, 7) is 10.2. The zero-order chi connectivity index (χ0) is 10.4. The Morgan fingerprint density at radius 2 is 2.08 bits per heavy atom. The molecule has 0 spiro atoms. The minimum atomic E-state index is -0.782. The van der Waals surface area contributed by atoms with Gasteiger partial charge in [0.25, 0.3) is 0 Å². The molecule has 0 bridgehead atoms. The lowest BCUT2D eigenvalue weighted by Gasteiger charge is -2.16. The second-order valence-corrected chi connectivity index (χ2v) is 3.86. The fraction of sp³-hybridized carbons (Fsp3) is 0.700. The van der Waals surface area contributed by atoms with E-state index in [0.717, 1.165) is 5.57 Å². The maximum Gasteiger partial charge on any atom is 0.320 e. The first-order valence-electron chi connectivity index (χ1n) is 4.54. The van der Waals surface area contributed by atoms with Gasteiger partial charge in [0.2, 0.25) is 0 Å². The molecule has 0 saturated heterocycles. The molecular formula is C10H19NO2. The SMILES string of the molecule is C=C(C)CNC(CC(C)C)C(=O)O. The van der Waals surface area contributed by atoms with Gasteiger partial charge in [0, 0.05) is 6.54 Å². The summed E-state index contributed by atoms with van der Waals surface area (Å²) in [5, 5.41) is 11.8. The molecule has 3 nitrogen and oxygen atoms in total. The summed E-state index contributed by atoms with van der Waals surface area (Å²) in [4.78, 5) is 10.8. The summed E-state index contributed by atoms with van der Waals surface area (Å²) in [6, 6.07) is -0.448. The number of hydrogen-bond donors (Lipinski definition) is 2. The van der Waals surface area contributed by atoms with Crippen LogP contribution in [0.25, 0.3) is 0 Å². The highest BCUT2D eigenvalue weighted by molar-refractivity contribution is 5.73. The van der Waals surface area contributed by atoms with Crippen molar-refractivity contribution in [3.8, 4) is 0 Å². The van der Waals surface area contributed by atoms with Crippen molar-refractivity contribution in [1.82, 2.24) is 5.32 Å². The fourth-order valence-corrected chi connectivity index (χ4v) is 1.04. The number of carboxylic acid groups (broad SMARTS) is 1. The van der Waals surface area contributed by atoms with Crippen molar-refractivity contribution in [2.75, 3.05) is 6.54 Å². The molecule has 0 heterocycles. The third kappa shape index (κ3) is 6.34. The summed E-state index contributed by atoms with van der Waals surface area (Å²) in [5.74, 6) is -0.395. The molecule has 0 radical (unpaired) electrons. The summed E-state index contributed by atoms with van der Waals surface area (Å²) in [5.41, 5.74) is 0.954. The predicted molar refractivity (Wildman–Crippen MR) is 53.7 cm³/mol. The molecule has 0 aliphatic carbocycles. The molecule has 3 heteroatoms. The van der Waals surface area contributed by atoms with Crippen LogP contribution < -0.4 is 5.32 Å². The summed E-state index contributed by atoms with van der Waals surface area (Å²) < 4.78 is 0. The van der Waals surface area contributed by atoms with E-state index in [9.17, 15) is 4.79 Å². The Labute approximate surface area is 79.8 Å². The lowest BCUT2D eigenvalue weighted by Crippen LogP contribution is -2.38. The number of hydrogen-bond acceptors (Lipinski definition) is 2. The Balaban J connectivity index is 3.95. The van der Waals surface area contributed by atoms with Gasteiger partial charge in [-0.15, -0.1) is 0 Å². The molecule has 13 heavy (non-hydrogen) atoms. The van der Waals surface area contributed by atoms with Crippen molar-refractivity contribution in [3.63, 3.8) is 0 Å². The van der Waals surface area contributed by atoms with E-state index >= 15 is 0 Å². The Hall–Kier alpha value is -0.830. The second kappa shape index (κ2) is 5.75. The summed E-state index contributed by atoms with van der Waals surface area (Å²) >= 11 is 0. The molecular weight excluding hydrogens is 166 g/mol. The van der Waals surface area contributed by atoms with Gasteiger partial charge in [-0.1, -0.05) is 26.0 Å². The first-order valence-corrected chi connectivity index (χ1v) is 4.54. The molecule has 76 valence electrons. The van der Waals surface area contributed by atoms with Crippen molar-refractivity contribution in [3.05, 3.63) is 12.2 Å². The van der Waals surface area contributed by atoms with Gasteiger partial charge >= 0.3 is 5.97 Å². The van der Waals surface area contributed by atoms with Gasteiger partial charge in [0.15, 0.2) is 0 Å². The van der Waals surface area contributed by atoms with Crippen molar-refractivity contribution in [2.45, 2.75) is 33.2 Å². The molecule has 1 unspecified atom stereocenters. The minimum Gasteiger partial charge on any atom is -0.480 e. The van der Waals surface area contributed by atoms with Crippen molar-refractivity contribution in [2.24, 2.45) is 5.92 Å². The van der Waals surface area contributed by atoms with Crippen LogP contribution in [0.4, 0.5) is 0 Å². The average molecular weight is 185 g/mol. The zero-order valence-corrected chi connectivity index (χ0v) is 8.63. The van der Waals surface area contributed by atoms with E-state index in [2.05, 4.69) is 11.9 Å². The molecule has 0 aliphatic rings. The first-order chi connectivity index (χ1) is 5.93. The van der Waals surface area contributed by atoms with Crippen LogP contribution in [0, 0.1) is 5.92 Å². The monoisotopic (exact) mass is 185 g/mol. The number of aliphatic carboxylic acids is 1. The van der Waals surface area contributed by atoms with Crippen molar-refractivity contribution in [1.29, 1.82) is 0 Å². The summed E-state index contributed by atoms with van der Waals surface area (Å²) in [6.07, 6.45) is 0.655. The molecule has 0 aromatic carbocycles. The van der Waals surface area contributed by atoms with E-state index in [1.165, 1.54) is 0 Å². The number of carbonyl (C=O) groups is 1. The smallest absolute Gasteiger partial charge is 0.320 e. The number of carboxylic acids is 1. The van der Waals surface area contributed by atoms with Gasteiger partial charge in [0.05, 0.1) is 0 Å². The molecule has 0 fully saturated rings. The molecule has 2 N–H and O–H groups in total. The van der Waals surface area contributed by atoms with Gasteiger partial charge in [-0.25, -0.2) is 0 Å². The third-order valence-electron chi connectivity index (χ3n) is 1.66. The zero-order valence-electron chi connectivity index (χ0n) is 8.63. The standard InChI is InChI=1S/C10H19NO2/c1-7(2)5-9(10(12)13)11-6-8(3)4/h7,9,11H,3,5-6H2,1-2,4H3,(H,12,13). The molecule has 1 atom stereocenters. The van der Waals surface area contributed by atoms with Crippen LogP contribution >= 0.6 is 0 Å².